The van der Waals surface area contributed by atoms with Crippen LogP contribution in [0.4, 0.5) is 0 Å². The summed E-state index contributed by atoms with van der Waals surface area (Å²) in [5, 5.41) is 6.64. The molecule has 2 atom stereocenters. The third kappa shape index (κ3) is 3.16. The SMILES string of the molecule is ClC1CCCCCC1NCc1cccc2ccccc12. The quantitative estimate of drug-likeness (QED) is 0.627. The van der Waals surface area contributed by atoms with Gasteiger partial charge < -0.3 is 5.32 Å². The Morgan fingerprint density at radius 1 is 0.950 bits per heavy atom. The molecule has 2 heteroatoms. The molecule has 1 N–H and O–H groups in total. The van der Waals surface area contributed by atoms with E-state index in [-0.39, 0.29) is 5.38 Å². The molecule has 0 spiro atoms. The third-order valence-corrected chi connectivity index (χ3v) is 4.89. The summed E-state index contributed by atoms with van der Waals surface area (Å²) < 4.78 is 0. The van der Waals surface area contributed by atoms with Gasteiger partial charge in [0.15, 0.2) is 0 Å². The van der Waals surface area contributed by atoms with E-state index >= 15 is 0 Å². The molecule has 0 aliphatic heterocycles. The number of nitrogens with one attached hydrogen (secondary N) is 1. The summed E-state index contributed by atoms with van der Waals surface area (Å²) in [6.45, 7) is 0.912. The van der Waals surface area contributed by atoms with Crippen molar-refractivity contribution in [1.29, 1.82) is 0 Å². The van der Waals surface area contributed by atoms with Gasteiger partial charge in [-0.3, -0.25) is 0 Å². The number of fused-ring (bicyclic) bond motifs is 1. The van der Waals surface area contributed by atoms with E-state index in [9.17, 15) is 0 Å². The molecule has 2 aromatic carbocycles. The normalized spacial score (nSPS) is 23.6. The van der Waals surface area contributed by atoms with Crippen LogP contribution in [-0.2, 0) is 6.54 Å². The Morgan fingerprint density at radius 2 is 1.75 bits per heavy atom. The molecule has 0 amide bonds. The second-order valence-electron chi connectivity index (χ2n) is 5.78. The van der Waals surface area contributed by atoms with E-state index in [2.05, 4.69) is 47.8 Å². The third-order valence-electron chi connectivity index (χ3n) is 4.37. The highest BCUT2D eigenvalue weighted by molar-refractivity contribution is 6.21. The van der Waals surface area contributed by atoms with Gasteiger partial charge in [-0.1, -0.05) is 61.7 Å². The van der Waals surface area contributed by atoms with Crippen LogP contribution in [-0.4, -0.2) is 11.4 Å². The number of hydrogen-bond donors (Lipinski definition) is 1. The minimum absolute atomic E-state index is 0.285. The van der Waals surface area contributed by atoms with Crippen molar-refractivity contribution >= 4 is 22.4 Å². The lowest BCUT2D eigenvalue weighted by molar-refractivity contribution is 0.465. The Hall–Kier alpha value is -1.05. The molecular weight excluding hydrogens is 266 g/mol. The standard InChI is InChI=1S/C18H22ClN/c19-17-11-2-1-3-12-18(17)20-13-15-9-6-8-14-7-4-5-10-16(14)15/h4-10,17-18,20H,1-3,11-13H2. The molecule has 1 nitrogen and oxygen atoms in total. The monoisotopic (exact) mass is 287 g/mol. The van der Waals surface area contributed by atoms with Crippen molar-refractivity contribution in [2.24, 2.45) is 0 Å². The molecule has 1 aliphatic carbocycles. The number of rotatable bonds is 3. The maximum Gasteiger partial charge on any atom is 0.0489 e. The van der Waals surface area contributed by atoms with Gasteiger partial charge in [0, 0.05) is 18.0 Å². The second-order valence-corrected chi connectivity index (χ2v) is 6.34. The molecule has 0 radical (unpaired) electrons. The zero-order valence-corrected chi connectivity index (χ0v) is 12.6. The average Bonchev–Trinajstić information content (AvgIpc) is 2.69. The zero-order chi connectivity index (χ0) is 13.8. The van der Waals surface area contributed by atoms with Gasteiger partial charge in [-0.2, -0.15) is 0 Å². The van der Waals surface area contributed by atoms with Crippen LogP contribution in [0.3, 0.4) is 0 Å². The molecule has 0 aromatic heterocycles. The van der Waals surface area contributed by atoms with Crippen LogP contribution in [0.5, 0.6) is 0 Å². The first-order valence-corrected chi connectivity index (χ1v) is 8.12. The molecular formula is C18H22ClN. The lowest BCUT2D eigenvalue weighted by Crippen LogP contribution is -2.35. The summed E-state index contributed by atoms with van der Waals surface area (Å²) in [6, 6.07) is 15.6. The van der Waals surface area contributed by atoms with Gasteiger partial charge in [-0.05, 0) is 29.2 Å². The predicted molar refractivity (Wildman–Crippen MR) is 87.3 cm³/mol. The number of benzene rings is 2. The summed E-state index contributed by atoms with van der Waals surface area (Å²) in [6.07, 6.45) is 6.26. The van der Waals surface area contributed by atoms with Gasteiger partial charge >= 0.3 is 0 Å². The smallest absolute Gasteiger partial charge is 0.0489 e. The fraction of sp³-hybridized carbons (Fsp3) is 0.444. The van der Waals surface area contributed by atoms with Crippen molar-refractivity contribution in [3.8, 4) is 0 Å². The van der Waals surface area contributed by atoms with Crippen molar-refractivity contribution in [1.82, 2.24) is 5.32 Å². The van der Waals surface area contributed by atoms with E-state index < -0.39 is 0 Å². The molecule has 1 saturated carbocycles. The number of hydrogen-bond acceptors (Lipinski definition) is 1. The Kier molecular flexibility index (Phi) is 4.59. The van der Waals surface area contributed by atoms with Crippen molar-refractivity contribution in [2.75, 3.05) is 0 Å². The van der Waals surface area contributed by atoms with Crippen LogP contribution in [0.2, 0.25) is 0 Å². The lowest BCUT2D eigenvalue weighted by atomic mass is 10.0. The van der Waals surface area contributed by atoms with Gasteiger partial charge in [-0.15, -0.1) is 11.6 Å². The minimum Gasteiger partial charge on any atom is -0.308 e. The van der Waals surface area contributed by atoms with Crippen LogP contribution >= 0.6 is 11.6 Å². The van der Waals surface area contributed by atoms with Gasteiger partial charge in [-0.25, -0.2) is 0 Å². The highest BCUT2D eigenvalue weighted by atomic mass is 35.5. The van der Waals surface area contributed by atoms with E-state index in [4.69, 9.17) is 11.6 Å². The van der Waals surface area contributed by atoms with Crippen molar-refractivity contribution in [3.05, 3.63) is 48.0 Å². The molecule has 1 aliphatic rings. The molecule has 0 heterocycles. The fourth-order valence-electron chi connectivity index (χ4n) is 3.18. The Balaban J connectivity index is 1.73. The molecule has 106 valence electrons. The summed E-state index contributed by atoms with van der Waals surface area (Å²) in [5.41, 5.74) is 1.37. The van der Waals surface area contributed by atoms with Crippen molar-refractivity contribution < 1.29 is 0 Å². The number of halogens is 1. The molecule has 20 heavy (non-hydrogen) atoms. The highest BCUT2D eigenvalue weighted by Crippen LogP contribution is 2.24. The molecule has 1 fully saturated rings. The zero-order valence-electron chi connectivity index (χ0n) is 11.8. The van der Waals surface area contributed by atoms with Crippen LogP contribution in [0.1, 0.15) is 37.7 Å². The molecule has 2 unspecified atom stereocenters. The molecule has 3 rings (SSSR count). The first kappa shape index (κ1) is 13.9. The number of alkyl halides is 1. The van der Waals surface area contributed by atoms with E-state index in [1.165, 1.54) is 42.0 Å². The van der Waals surface area contributed by atoms with Crippen LogP contribution < -0.4 is 5.32 Å². The Morgan fingerprint density at radius 3 is 2.70 bits per heavy atom. The molecule has 0 saturated heterocycles. The lowest BCUT2D eigenvalue weighted by Gasteiger charge is -2.21. The summed E-state index contributed by atoms with van der Waals surface area (Å²) in [4.78, 5) is 0. The topological polar surface area (TPSA) is 12.0 Å². The van der Waals surface area contributed by atoms with E-state index in [1.807, 2.05) is 0 Å². The van der Waals surface area contributed by atoms with Crippen molar-refractivity contribution in [2.45, 2.75) is 50.1 Å². The van der Waals surface area contributed by atoms with Crippen LogP contribution in [0, 0.1) is 0 Å². The summed E-state index contributed by atoms with van der Waals surface area (Å²) in [7, 11) is 0. The Labute approximate surface area is 126 Å². The van der Waals surface area contributed by atoms with Gasteiger partial charge in [0.25, 0.3) is 0 Å². The average molecular weight is 288 g/mol. The summed E-state index contributed by atoms with van der Waals surface area (Å²) >= 11 is 6.51. The highest BCUT2D eigenvalue weighted by Gasteiger charge is 2.21. The van der Waals surface area contributed by atoms with Gasteiger partial charge in [0.05, 0.1) is 0 Å². The Bertz CT molecular complexity index is 561. The second kappa shape index (κ2) is 6.60. The minimum atomic E-state index is 0.285. The van der Waals surface area contributed by atoms with Gasteiger partial charge in [0.2, 0.25) is 0 Å². The maximum absolute atomic E-state index is 6.51. The first-order valence-electron chi connectivity index (χ1n) is 7.69. The maximum atomic E-state index is 6.51. The van der Waals surface area contributed by atoms with Crippen molar-refractivity contribution in [3.63, 3.8) is 0 Å². The largest absolute Gasteiger partial charge is 0.308 e. The van der Waals surface area contributed by atoms with Crippen LogP contribution in [0.25, 0.3) is 10.8 Å². The fourth-order valence-corrected chi connectivity index (χ4v) is 3.55. The van der Waals surface area contributed by atoms with Crippen LogP contribution in [0.15, 0.2) is 42.5 Å². The first-order chi connectivity index (χ1) is 9.84. The molecule has 0 bridgehead atoms. The van der Waals surface area contributed by atoms with E-state index in [0.717, 1.165) is 13.0 Å². The predicted octanol–water partition coefficient (Wildman–Crippen LogP) is 4.87. The van der Waals surface area contributed by atoms with E-state index in [0.29, 0.717) is 6.04 Å². The van der Waals surface area contributed by atoms with E-state index in [1.54, 1.807) is 0 Å². The van der Waals surface area contributed by atoms with Gasteiger partial charge in [0.1, 0.15) is 0 Å². The summed E-state index contributed by atoms with van der Waals surface area (Å²) in [5.74, 6) is 0. The molecule has 2 aromatic rings.